The number of aliphatic imine (C=N–C) groups is 1. The van der Waals surface area contributed by atoms with E-state index in [4.69, 9.17) is 5.73 Å². The molecule has 0 spiro atoms. The van der Waals surface area contributed by atoms with E-state index >= 15 is 0 Å². The van der Waals surface area contributed by atoms with Gasteiger partial charge in [0.15, 0.2) is 5.96 Å². The summed E-state index contributed by atoms with van der Waals surface area (Å²) in [5, 5.41) is 0. The van der Waals surface area contributed by atoms with E-state index in [0.717, 1.165) is 11.0 Å². The zero-order chi connectivity index (χ0) is 14.9. The van der Waals surface area contributed by atoms with Gasteiger partial charge in [-0.15, -0.1) is 0 Å². The van der Waals surface area contributed by atoms with Crippen molar-refractivity contribution < 1.29 is 4.39 Å². The molecule has 0 aromatic heterocycles. The molecule has 0 aliphatic carbocycles. The Bertz CT molecular complexity index is 532. The van der Waals surface area contributed by atoms with Crippen LogP contribution < -0.4 is 5.73 Å². The summed E-state index contributed by atoms with van der Waals surface area (Å²) in [6, 6.07) is 5.14. The standard InChI is InChI=1S/C14H20BrFN4/c1-14(11-5-4-10(15)8-12(11)16)9-18-13(17)20(14)7-6-19(2)3/h4-5,8H,6-7,9H2,1-3H3,(H2,17,18). The van der Waals surface area contributed by atoms with E-state index < -0.39 is 5.54 Å². The van der Waals surface area contributed by atoms with Gasteiger partial charge in [0.1, 0.15) is 5.82 Å². The molecule has 2 N–H and O–H groups in total. The van der Waals surface area contributed by atoms with Crippen molar-refractivity contribution in [2.24, 2.45) is 10.7 Å². The normalized spacial score (nSPS) is 22.5. The number of benzene rings is 1. The lowest BCUT2D eigenvalue weighted by Gasteiger charge is -2.37. The number of hydrogen-bond donors (Lipinski definition) is 1. The van der Waals surface area contributed by atoms with Gasteiger partial charge in [-0.1, -0.05) is 22.0 Å². The second-order valence-corrected chi connectivity index (χ2v) is 6.44. The second kappa shape index (κ2) is 5.69. The topological polar surface area (TPSA) is 44.9 Å². The van der Waals surface area contributed by atoms with Crippen molar-refractivity contribution in [1.82, 2.24) is 9.80 Å². The summed E-state index contributed by atoms with van der Waals surface area (Å²) in [5.74, 6) is 0.248. The average Bonchev–Trinajstić information content (AvgIpc) is 2.63. The first-order valence-corrected chi connectivity index (χ1v) is 7.32. The number of likely N-dealkylation sites (N-methyl/N-ethyl adjacent to an activating group) is 1. The third-order valence-electron chi connectivity index (χ3n) is 3.70. The highest BCUT2D eigenvalue weighted by Gasteiger charge is 2.41. The van der Waals surface area contributed by atoms with Gasteiger partial charge in [-0.05, 0) is 33.2 Å². The van der Waals surface area contributed by atoms with Crippen LogP contribution in [0.1, 0.15) is 12.5 Å². The van der Waals surface area contributed by atoms with E-state index in [9.17, 15) is 4.39 Å². The predicted molar refractivity (Wildman–Crippen MR) is 83.2 cm³/mol. The van der Waals surface area contributed by atoms with E-state index in [1.807, 2.05) is 32.0 Å². The molecule has 4 nitrogen and oxygen atoms in total. The van der Waals surface area contributed by atoms with Crippen LogP contribution in [0.2, 0.25) is 0 Å². The number of nitrogens with two attached hydrogens (primary N) is 1. The summed E-state index contributed by atoms with van der Waals surface area (Å²) >= 11 is 3.29. The largest absolute Gasteiger partial charge is 0.370 e. The van der Waals surface area contributed by atoms with Gasteiger partial charge in [-0.25, -0.2) is 4.39 Å². The first kappa shape index (κ1) is 15.3. The van der Waals surface area contributed by atoms with Crippen molar-refractivity contribution in [2.45, 2.75) is 12.5 Å². The number of guanidine groups is 1. The fourth-order valence-electron chi connectivity index (χ4n) is 2.48. The summed E-state index contributed by atoms with van der Waals surface area (Å²) in [7, 11) is 4.00. The Labute approximate surface area is 127 Å². The van der Waals surface area contributed by atoms with Crippen LogP contribution in [0.4, 0.5) is 4.39 Å². The molecule has 1 unspecified atom stereocenters. The lowest BCUT2D eigenvalue weighted by molar-refractivity contribution is 0.200. The minimum Gasteiger partial charge on any atom is -0.370 e. The molecule has 1 aromatic rings. The molecule has 0 saturated carbocycles. The SMILES string of the molecule is CN(C)CCN1C(N)=NCC1(C)c1ccc(Br)cc1F. The van der Waals surface area contributed by atoms with Gasteiger partial charge in [0.05, 0.1) is 12.1 Å². The molecule has 2 rings (SSSR count). The Hall–Kier alpha value is -1.14. The van der Waals surface area contributed by atoms with Gasteiger partial charge < -0.3 is 15.5 Å². The fourth-order valence-corrected chi connectivity index (χ4v) is 2.81. The molecule has 6 heteroatoms. The van der Waals surface area contributed by atoms with Crippen LogP contribution >= 0.6 is 15.9 Å². The van der Waals surface area contributed by atoms with Crippen LogP contribution in [-0.2, 0) is 5.54 Å². The maximum Gasteiger partial charge on any atom is 0.192 e. The minimum atomic E-state index is -0.523. The number of hydrogen-bond acceptors (Lipinski definition) is 4. The molecular formula is C14H20BrFN4. The number of halogens is 2. The highest BCUT2D eigenvalue weighted by atomic mass is 79.9. The summed E-state index contributed by atoms with van der Waals surface area (Å²) in [6.07, 6.45) is 0. The Morgan fingerprint density at radius 3 is 2.80 bits per heavy atom. The molecule has 1 heterocycles. The van der Waals surface area contributed by atoms with E-state index in [-0.39, 0.29) is 5.82 Å². The number of nitrogens with zero attached hydrogens (tertiary/aromatic N) is 3. The zero-order valence-electron chi connectivity index (χ0n) is 12.0. The van der Waals surface area contributed by atoms with Crippen LogP contribution in [0.25, 0.3) is 0 Å². The summed E-state index contributed by atoms with van der Waals surface area (Å²) in [4.78, 5) is 8.37. The molecule has 110 valence electrons. The third-order valence-corrected chi connectivity index (χ3v) is 4.20. The highest BCUT2D eigenvalue weighted by molar-refractivity contribution is 9.10. The first-order chi connectivity index (χ1) is 9.34. The molecule has 1 aliphatic heterocycles. The van der Waals surface area contributed by atoms with Crippen molar-refractivity contribution in [3.8, 4) is 0 Å². The van der Waals surface area contributed by atoms with Gasteiger partial charge >= 0.3 is 0 Å². The Kier molecular flexibility index (Phi) is 4.34. The van der Waals surface area contributed by atoms with Gasteiger partial charge in [0.25, 0.3) is 0 Å². The van der Waals surface area contributed by atoms with Crippen LogP contribution in [-0.4, -0.2) is 49.5 Å². The van der Waals surface area contributed by atoms with Crippen LogP contribution in [0, 0.1) is 5.82 Å². The maximum atomic E-state index is 14.3. The molecule has 0 saturated heterocycles. The van der Waals surface area contributed by atoms with Gasteiger partial charge in [-0.2, -0.15) is 0 Å². The molecule has 0 bridgehead atoms. The monoisotopic (exact) mass is 342 g/mol. The third kappa shape index (κ3) is 2.81. The van der Waals surface area contributed by atoms with E-state index in [1.165, 1.54) is 6.07 Å². The lowest BCUT2D eigenvalue weighted by atomic mass is 9.90. The minimum absolute atomic E-state index is 0.235. The second-order valence-electron chi connectivity index (χ2n) is 5.53. The molecule has 1 aromatic carbocycles. The average molecular weight is 343 g/mol. The first-order valence-electron chi connectivity index (χ1n) is 6.52. The molecule has 1 atom stereocenters. The maximum absolute atomic E-state index is 14.3. The predicted octanol–water partition coefficient (Wildman–Crippen LogP) is 2.00. The van der Waals surface area contributed by atoms with Crippen LogP contribution in [0.5, 0.6) is 0 Å². The Balaban J connectivity index is 2.32. The van der Waals surface area contributed by atoms with E-state index in [1.54, 1.807) is 6.07 Å². The highest BCUT2D eigenvalue weighted by Crippen LogP contribution is 2.34. The van der Waals surface area contributed by atoms with E-state index in [2.05, 4.69) is 25.8 Å². The van der Waals surface area contributed by atoms with Crippen molar-refractivity contribution >= 4 is 21.9 Å². The summed E-state index contributed by atoms with van der Waals surface area (Å²) in [5.41, 5.74) is 6.09. The molecule has 20 heavy (non-hydrogen) atoms. The van der Waals surface area contributed by atoms with Gasteiger partial charge in [0, 0.05) is 23.1 Å². The summed E-state index contributed by atoms with van der Waals surface area (Å²) < 4.78 is 15.0. The fraction of sp³-hybridized carbons (Fsp3) is 0.500. The van der Waals surface area contributed by atoms with Gasteiger partial charge in [-0.3, -0.25) is 4.99 Å². The molecule has 1 aliphatic rings. The van der Waals surface area contributed by atoms with Gasteiger partial charge in [0.2, 0.25) is 0 Å². The lowest BCUT2D eigenvalue weighted by Crippen LogP contribution is -2.50. The molecular weight excluding hydrogens is 323 g/mol. The van der Waals surface area contributed by atoms with Crippen molar-refractivity contribution in [3.05, 3.63) is 34.1 Å². The Morgan fingerprint density at radius 1 is 1.50 bits per heavy atom. The Morgan fingerprint density at radius 2 is 2.20 bits per heavy atom. The molecule has 0 radical (unpaired) electrons. The molecule has 0 fully saturated rings. The van der Waals surface area contributed by atoms with Crippen LogP contribution in [0.3, 0.4) is 0 Å². The smallest absolute Gasteiger partial charge is 0.192 e. The number of rotatable bonds is 4. The van der Waals surface area contributed by atoms with Crippen molar-refractivity contribution in [2.75, 3.05) is 33.7 Å². The molecule has 0 amide bonds. The van der Waals surface area contributed by atoms with E-state index in [0.29, 0.717) is 24.6 Å². The zero-order valence-corrected chi connectivity index (χ0v) is 13.6. The van der Waals surface area contributed by atoms with Crippen molar-refractivity contribution in [3.63, 3.8) is 0 Å². The summed E-state index contributed by atoms with van der Waals surface area (Å²) in [6.45, 7) is 4.02. The van der Waals surface area contributed by atoms with Crippen molar-refractivity contribution in [1.29, 1.82) is 0 Å². The quantitative estimate of drug-likeness (QED) is 0.910. The van der Waals surface area contributed by atoms with Crippen LogP contribution in [0.15, 0.2) is 27.7 Å².